The van der Waals surface area contributed by atoms with Crippen LogP contribution in [0.2, 0.25) is 0 Å². The fourth-order valence-corrected chi connectivity index (χ4v) is 0.750. The summed E-state index contributed by atoms with van der Waals surface area (Å²) in [4.78, 5) is 9.83. The van der Waals surface area contributed by atoms with Gasteiger partial charge < -0.3 is 5.32 Å². The number of carbonyl (C=O) groups excluding carboxylic acids is 1. The maximum absolute atomic E-state index is 9.83. The van der Waals surface area contributed by atoms with Crippen molar-refractivity contribution in [1.82, 2.24) is 15.8 Å². The van der Waals surface area contributed by atoms with Crippen molar-refractivity contribution in [1.29, 1.82) is 0 Å². The van der Waals surface area contributed by atoms with Crippen LogP contribution in [0.3, 0.4) is 0 Å². The molecule has 0 saturated carbocycles. The lowest BCUT2D eigenvalue weighted by Crippen LogP contribution is -2.20. The molecule has 0 radical (unpaired) electrons. The molecule has 1 heterocycles. The molecule has 0 spiro atoms. The van der Waals surface area contributed by atoms with Gasteiger partial charge in [-0.15, -0.1) is 0 Å². The van der Waals surface area contributed by atoms with Gasteiger partial charge in [-0.2, -0.15) is 0 Å². The van der Waals surface area contributed by atoms with Crippen molar-refractivity contribution in [3.63, 3.8) is 0 Å². The van der Waals surface area contributed by atoms with Crippen molar-refractivity contribution < 1.29 is 4.79 Å². The molecule has 4 nitrogen and oxygen atoms in total. The first-order valence-electron chi connectivity index (χ1n) is 3.11. The highest BCUT2D eigenvalue weighted by molar-refractivity contribution is 5.46. The molecule has 1 aliphatic heterocycles. The van der Waals surface area contributed by atoms with Crippen molar-refractivity contribution in [2.45, 2.75) is 19.6 Å². The lowest BCUT2D eigenvalue weighted by Gasteiger charge is -1.93. The zero-order valence-electron chi connectivity index (χ0n) is 5.42. The monoisotopic (exact) mass is 129 g/mol. The van der Waals surface area contributed by atoms with E-state index in [2.05, 4.69) is 17.7 Å². The van der Waals surface area contributed by atoms with Gasteiger partial charge in [0, 0.05) is 6.54 Å². The molecule has 2 unspecified atom stereocenters. The van der Waals surface area contributed by atoms with Gasteiger partial charge in [-0.1, -0.05) is 6.92 Å². The predicted octanol–water partition coefficient (Wildman–Crippen LogP) is -0.754. The standard InChI is InChI=1S/C5H11N3O/c1-2-3-8-5(7-8)6-4-9/h4-5,7H,2-3H2,1H3,(H,6,9). The SMILES string of the molecule is CCCN1NC1NC=O. The van der Waals surface area contributed by atoms with Gasteiger partial charge in [0.1, 0.15) is 0 Å². The van der Waals surface area contributed by atoms with Crippen LogP contribution < -0.4 is 10.7 Å². The summed E-state index contributed by atoms with van der Waals surface area (Å²) in [5.41, 5.74) is 2.96. The van der Waals surface area contributed by atoms with E-state index in [0.29, 0.717) is 6.41 Å². The Balaban J connectivity index is 2.02. The zero-order chi connectivity index (χ0) is 6.69. The lowest BCUT2D eigenvalue weighted by molar-refractivity contribution is -0.109. The van der Waals surface area contributed by atoms with Crippen molar-refractivity contribution in [3.8, 4) is 0 Å². The molecule has 2 atom stereocenters. The Bertz CT molecular complexity index is 106. The number of rotatable bonds is 4. The van der Waals surface area contributed by atoms with Crippen molar-refractivity contribution in [2.24, 2.45) is 0 Å². The molecule has 4 heteroatoms. The highest BCUT2D eigenvalue weighted by Crippen LogP contribution is 2.03. The zero-order valence-corrected chi connectivity index (χ0v) is 5.42. The summed E-state index contributed by atoms with van der Waals surface area (Å²) in [5.74, 6) is 0. The molecule has 1 saturated heterocycles. The van der Waals surface area contributed by atoms with Gasteiger partial charge in [-0.05, 0) is 6.42 Å². The average Bonchev–Trinajstić information content (AvgIpc) is 2.50. The summed E-state index contributed by atoms with van der Waals surface area (Å²) in [6, 6.07) is 0. The van der Waals surface area contributed by atoms with Crippen LogP contribution in [0.25, 0.3) is 0 Å². The molecule has 0 bridgehead atoms. The molecule has 9 heavy (non-hydrogen) atoms. The van der Waals surface area contributed by atoms with Gasteiger partial charge >= 0.3 is 0 Å². The number of nitrogens with zero attached hydrogens (tertiary/aromatic N) is 1. The number of hydrazine groups is 1. The van der Waals surface area contributed by atoms with E-state index >= 15 is 0 Å². The first-order chi connectivity index (χ1) is 4.38. The van der Waals surface area contributed by atoms with Crippen LogP contribution in [0.15, 0.2) is 0 Å². The Morgan fingerprint density at radius 3 is 3.22 bits per heavy atom. The maximum Gasteiger partial charge on any atom is 0.209 e. The van der Waals surface area contributed by atoms with Crippen LogP contribution >= 0.6 is 0 Å². The second kappa shape index (κ2) is 2.80. The third-order valence-electron chi connectivity index (χ3n) is 1.22. The summed E-state index contributed by atoms with van der Waals surface area (Å²) in [7, 11) is 0. The third kappa shape index (κ3) is 1.65. The molecule has 1 rings (SSSR count). The predicted molar refractivity (Wildman–Crippen MR) is 33.1 cm³/mol. The molecular formula is C5H11N3O. The molecule has 1 aliphatic rings. The molecule has 1 amide bonds. The fraction of sp³-hybridized carbons (Fsp3) is 0.800. The number of amides is 1. The van der Waals surface area contributed by atoms with Crippen molar-refractivity contribution in [2.75, 3.05) is 6.54 Å². The minimum atomic E-state index is 0.0995. The van der Waals surface area contributed by atoms with E-state index in [1.165, 1.54) is 0 Å². The van der Waals surface area contributed by atoms with E-state index < -0.39 is 0 Å². The Morgan fingerprint density at radius 1 is 1.89 bits per heavy atom. The second-order valence-electron chi connectivity index (χ2n) is 2.01. The number of hydrogen-bond acceptors (Lipinski definition) is 3. The van der Waals surface area contributed by atoms with Crippen LogP contribution in [0.5, 0.6) is 0 Å². The van der Waals surface area contributed by atoms with E-state index in [-0.39, 0.29) is 6.29 Å². The smallest absolute Gasteiger partial charge is 0.209 e. The van der Waals surface area contributed by atoms with Crippen molar-refractivity contribution in [3.05, 3.63) is 0 Å². The third-order valence-corrected chi connectivity index (χ3v) is 1.22. The Morgan fingerprint density at radius 2 is 2.67 bits per heavy atom. The molecule has 1 fully saturated rings. The van der Waals surface area contributed by atoms with Gasteiger partial charge in [0.05, 0.1) is 0 Å². The van der Waals surface area contributed by atoms with E-state index in [0.717, 1.165) is 13.0 Å². The van der Waals surface area contributed by atoms with Gasteiger partial charge in [-0.25, -0.2) is 10.4 Å². The fourth-order valence-electron chi connectivity index (χ4n) is 0.750. The molecule has 0 aliphatic carbocycles. The maximum atomic E-state index is 9.83. The van der Waals surface area contributed by atoms with E-state index in [9.17, 15) is 4.79 Å². The van der Waals surface area contributed by atoms with Crippen molar-refractivity contribution >= 4 is 6.41 Å². The van der Waals surface area contributed by atoms with Crippen LogP contribution in [0, 0.1) is 0 Å². The minimum Gasteiger partial charge on any atom is -0.329 e. The summed E-state index contributed by atoms with van der Waals surface area (Å²) in [6.07, 6.45) is 1.90. The molecule has 52 valence electrons. The number of carbonyl (C=O) groups is 1. The highest BCUT2D eigenvalue weighted by Gasteiger charge is 2.30. The second-order valence-corrected chi connectivity index (χ2v) is 2.01. The van der Waals surface area contributed by atoms with Gasteiger partial charge in [0.2, 0.25) is 6.41 Å². The van der Waals surface area contributed by atoms with Crippen LogP contribution in [-0.2, 0) is 4.79 Å². The quantitative estimate of drug-likeness (QED) is 0.388. The van der Waals surface area contributed by atoms with E-state index in [4.69, 9.17) is 0 Å². The molecule has 0 aromatic heterocycles. The average molecular weight is 129 g/mol. The Labute approximate surface area is 54.2 Å². The Hall–Kier alpha value is -0.610. The summed E-state index contributed by atoms with van der Waals surface area (Å²) in [6.45, 7) is 3.09. The molecule has 0 aromatic carbocycles. The van der Waals surface area contributed by atoms with Crippen LogP contribution in [0.4, 0.5) is 0 Å². The largest absolute Gasteiger partial charge is 0.329 e. The van der Waals surface area contributed by atoms with E-state index in [1.807, 2.05) is 5.01 Å². The highest BCUT2D eigenvalue weighted by atomic mass is 16.1. The normalized spacial score (nSPS) is 31.7. The molecule has 2 N–H and O–H groups in total. The van der Waals surface area contributed by atoms with Gasteiger partial charge in [-0.3, -0.25) is 4.79 Å². The topological polar surface area (TPSA) is 54.1 Å². The van der Waals surface area contributed by atoms with E-state index in [1.54, 1.807) is 0 Å². The number of hydrogen-bond donors (Lipinski definition) is 2. The van der Waals surface area contributed by atoms with Gasteiger partial charge in [0.25, 0.3) is 0 Å². The van der Waals surface area contributed by atoms with Crippen LogP contribution in [-0.4, -0.2) is 24.3 Å². The molecule has 0 aromatic rings. The van der Waals surface area contributed by atoms with Gasteiger partial charge in [0.15, 0.2) is 6.29 Å². The number of nitrogens with one attached hydrogen (secondary N) is 2. The summed E-state index contributed by atoms with van der Waals surface area (Å²) >= 11 is 0. The minimum absolute atomic E-state index is 0.0995. The Kier molecular flexibility index (Phi) is 2.02. The lowest BCUT2D eigenvalue weighted by atomic mass is 10.5. The van der Waals surface area contributed by atoms with Crippen LogP contribution in [0.1, 0.15) is 13.3 Å². The first kappa shape index (κ1) is 6.51. The first-order valence-corrected chi connectivity index (χ1v) is 3.11. The molecular weight excluding hydrogens is 118 g/mol. The summed E-state index contributed by atoms with van der Waals surface area (Å²) < 4.78 is 0. The summed E-state index contributed by atoms with van der Waals surface area (Å²) in [5, 5.41) is 4.56.